The number of rotatable bonds is 3. The zero-order valence-corrected chi connectivity index (χ0v) is 10.6. The maximum absolute atomic E-state index is 11.8. The van der Waals surface area contributed by atoms with Gasteiger partial charge in [-0.2, -0.15) is 5.10 Å². The highest BCUT2D eigenvalue weighted by Gasteiger charge is 2.15. The van der Waals surface area contributed by atoms with Gasteiger partial charge in [-0.3, -0.25) is 4.79 Å². The van der Waals surface area contributed by atoms with Gasteiger partial charge >= 0.3 is 5.97 Å². The molecular weight excluding hydrogens is 234 g/mol. The molecule has 0 spiro atoms. The van der Waals surface area contributed by atoms with Gasteiger partial charge < -0.3 is 9.72 Å². The third-order valence-corrected chi connectivity index (χ3v) is 2.82. The second-order valence-electron chi connectivity index (χ2n) is 3.92. The minimum absolute atomic E-state index is 0.141. The van der Waals surface area contributed by atoms with Crippen molar-refractivity contribution in [2.45, 2.75) is 27.2 Å². The summed E-state index contributed by atoms with van der Waals surface area (Å²) < 4.78 is 6.44. The summed E-state index contributed by atoms with van der Waals surface area (Å²) in [5.41, 5.74) is 1.97. The predicted molar refractivity (Wildman–Crippen MR) is 65.9 cm³/mol. The molecular formula is C12H15N3O3. The zero-order valence-electron chi connectivity index (χ0n) is 10.6. The summed E-state index contributed by atoms with van der Waals surface area (Å²) in [7, 11) is 0. The van der Waals surface area contributed by atoms with E-state index in [2.05, 4.69) is 10.1 Å². The molecule has 0 radical (unpaired) electrons. The largest absolute Gasteiger partial charge is 0.461 e. The molecule has 0 aromatic carbocycles. The molecule has 0 bridgehead atoms. The fourth-order valence-corrected chi connectivity index (χ4v) is 1.93. The summed E-state index contributed by atoms with van der Waals surface area (Å²) in [4.78, 5) is 26.1. The molecule has 0 aliphatic heterocycles. The number of nitrogens with zero attached hydrogens (tertiary/aromatic N) is 2. The predicted octanol–water partition coefficient (Wildman–Crippen LogP) is 1.07. The van der Waals surface area contributed by atoms with Crippen LogP contribution in [0.15, 0.2) is 10.9 Å². The lowest BCUT2D eigenvalue weighted by Gasteiger charge is -2.03. The van der Waals surface area contributed by atoms with Crippen molar-refractivity contribution in [3.63, 3.8) is 0 Å². The Morgan fingerprint density at radius 2 is 2.22 bits per heavy atom. The smallest absolute Gasteiger partial charge is 0.358 e. The van der Waals surface area contributed by atoms with Gasteiger partial charge in [-0.15, -0.1) is 0 Å². The molecule has 18 heavy (non-hydrogen) atoms. The standard InChI is InChI=1S/C12H15N3O3/c1-4-8-7(3)15-10(13-11(8)16)6-9(14-15)12(17)18-5-2/h6H,4-5H2,1-3H3,(H,13,16). The monoisotopic (exact) mass is 249 g/mol. The maximum Gasteiger partial charge on any atom is 0.358 e. The van der Waals surface area contributed by atoms with Crippen LogP contribution in [0, 0.1) is 6.92 Å². The van der Waals surface area contributed by atoms with Crippen LogP contribution in [-0.4, -0.2) is 27.2 Å². The number of nitrogens with one attached hydrogen (secondary N) is 1. The number of aryl methyl sites for hydroxylation is 1. The molecule has 96 valence electrons. The van der Waals surface area contributed by atoms with Crippen LogP contribution in [-0.2, 0) is 11.2 Å². The van der Waals surface area contributed by atoms with Gasteiger partial charge in [-0.25, -0.2) is 9.31 Å². The Balaban J connectivity index is 2.62. The van der Waals surface area contributed by atoms with E-state index >= 15 is 0 Å². The van der Waals surface area contributed by atoms with Gasteiger partial charge in [0.25, 0.3) is 5.56 Å². The minimum atomic E-state index is -0.487. The lowest BCUT2D eigenvalue weighted by atomic mass is 10.2. The Kier molecular flexibility index (Phi) is 3.18. The van der Waals surface area contributed by atoms with E-state index in [1.54, 1.807) is 11.4 Å². The number of aromatic nitrogens is 3. The first-order chi connectivity index (χ1) is 8.58. The first-order valence-corrected chi connectivity index (χ1v) is 5.87. The number of hydrogen-bond acceptors (Lipinski definition) is 4. The molecule has 2 aromatic heterocycles. The SMILES string of the molecule is CCOC(=O)c1cc2[nH]c(=O)c(CC)c(C)n2n1. The van der Waals surface area contributed by atoms with Gasteiger partial charge in [0.2, 0.25) is 0 Å². The summed E-state index contributed by atoms with van der Waals surface area (Å²) in [6.45, 7) is 5.74. The number of aromatic amines is 1. The molecule has 0 saturated heterocycles. The van der Waals surface area contributed by atoms with Gasteiger partial charge in [-0.05, 0) is 20.3 Å². The summed E-state index contributed by atoms with van der Waals surface area (Å²) >= 11 is 0. The number of esters is 1. The van der Waals surface area contributed by atoms with Crippen LogP contribution in [0.2, 0.25) is 0 Å². The number of fused-ring (bicyclic) bond motifs is 1. The number of H-pyrrole nitrogens is 1. The van der Waals surface area contributed by atoms with E-state index in [0.717, 1.165) is 5.69 Å². The highest BCUT2D eigenvalue weighted by Crippen LogP contribution is 2.09. The first-order valence-electron chi connectivity index (χ1n) is 5.87. The van der Waals surface area contributed by atoms with Crippen molar-refractivity contribution >= 4 is 11.6 Å². The van der Waals surface area contributed by atoms with E-state index in [1.165, 1.54) is 6.07 Å². The lowest BCUT2D eigenvalue weighted by molar-refractivity contribution is 0.0519. The van der Waals surface area contributed by atoms with Gasteiger partial charge in [0.05, 0.1) is 6.61 Å². The zero-order chi connectivity index (χ0) is 13.3. The molecule has 1 N–H and O–H groups in total. The number of carbonyl (C=O) groups is 1. The Morgan fingerprint density at radius 1 is 1.50 bits per heavy atom. The highest BCUT2D eigenvalue weighted by molar-refractivity contribution is 5.88. The molecule has 6 heteroatoms. The van der Waals surface area contributed by atoms with Gasteiger partial charge in [0.15, 0.2) is 5.69 Å². The Labute approximate surface area is 104 Å². The number of ether oxygens (including phenoxy) is 1. The lowest BCUT2D eigenvalue weighted by Crippen LogP contribution is -2.17. The normalized spacial score (nSPS) is 10.8. The minimum Gasteiger partial charge on any atom is -0.461 e. The Bertz CT molecular complexity index is 654. The molecule has 0 unspecified atom stereocenters. The fourth-order valence-electron chi connectivity index (χ4n) is 1.93. The second kappa shape index (κ2) is 4.64. The summed E-state index contributed by atoms with van der Waals surface area (Å²) in [6.07, 6.45) is 0.617. The third-order valence-electron chi connectivity index (χ3n) is 2.82. The van der Waals surface area contributed by atoms with Crippen molar-refractivity contribution < 1.29 is 9.53 Å². The molecule has 0 amide bonds. The molecule has 0 atom stereocenters. The first kappa shape index (κ1) is 12.3. The van der Waals surface area contributed by atoms with Crippen LogP contribution >= 0.6 is 0 Å². The second-order valence-corrected chi connectivity index (χ2v) is 3.92. The molecule has 2 rings (SSSR count). The van der Waals surface area contributed by atoms with E-state index in [1.807, 2.05) is 13.8 Å². The van der Waals surface area contributed by atoms with Crippen molar-refractivity contribution in [1.29, 1.82) is 0 Å². The van der Waals surface area contributed by atoms with Gasteiger partial charge in [0.1, 0.15) is 5.65 Å². The van der Waals surface area contributed by atoms with Crippen LogP contribution in [0.5, 0.6) is 0 Å². The van der Waals surface area contributed by atoms with E-state index in [-0.39, 0.29) is 11.3 Å². The van der Waals surface area contributed by atoms with E-state index in [4.69, 9.17) is 4.74 Å². The van der Waals surface area contributed by atoms with E-state index < -0.39 is 5.97 Å². The van der Waals surface area contributed by atoms with Crippen molar-refractivity contribution in [2.24, 2.45) is 0 Å². The number of hydrogen-bond donors (Lipinski definition) is 1. The van der Waals surface area contributed by atoms with Gasteiger partial charge in [-0.1, -0.05) is 6.92 Å². The average molecular weight is 249 g/mol. The number of carbonyl (C=O) groups excluding carboxylic acids is 1. The summed E-state index contributed by atoms with van der Waals surface area (Å²) in [6, 6.07) is 1.52. The van der Waals surface area contributed by atoms with Crippen LogP contribution < -0.4 is 5.56 Å². The van der Waals surface area contributed by atoms with Crippen LogP contribution in [0.3, 0.4) is 0 Å². The molecule has 0 saturated carbocycles. The molecule has 2 aromatic rings. The van der Waals surface area contributed by atoms with Crippen LogP contribution in [0.4, 0.5) is 0 Å². The van der Waals surface area contributed by atoms with Crippen LogP contribution in [0.1, 0.15) is 35.6 Å². The molecule has 6 nitrogen and oxygen atoms in total. The quantitative estimate of drug-likeness (QED) is 0.825. The summed E-state index contributed by atoms with van der Waals surface area (Å²) in [5.74, 6) is -0.487. The molecule has 2 heterocycles. The fraction of sp³-hybridized carbons (Fsp3) is 0.417. The third kappa shape index (κ3) is 1.90. The maximum atomic E-state index is 11.8. The molecule has 0 aliphatic rings. The van der Waals surface area contributed by atoms with E-state index in [9.17, 15) is 9.59 Å². The van der Waals surface area contributed by atoms with Crippen molar-refractivity contribution in [2.75, 3.05) is 6.61 Å². The average Bonchev–Trinajstić information content (AvgIpc) is 2.74. The van der Waals surface area contributed by atoms with Crippen molar-refractivity contribution in [1.82, 2.24) is 14.6 Å². The highest BCUT2D eigenvalue weighted by atomic mass is 16.5. The van der Waals surface area contributed by atoms with Crippen LogP contribution in [0.25, 0.3) is 5.65 Å². The van der Waals surface area contributed by atoms with Crippen molar-refractivity contribution in [3.8, 4) is 0 Å². The molecule has 0 aliphatic carbocycles. The van der Waals surface area contributed by atoms with Gasteiger partial charge in [0, 0.05) is 17.3 Å². The topological polar surface area (TPSA) is 76.5 Å². The molecule has 0 fully saturated rings. The van der Waals surface area contributed by atoms with E-state index in [0.29, 0.717) is 24.2 Å². The van der Waals surface area contributed by atoms with Crippen molar-refractivity contribution in [3.05, 3.63) is 33.4 Å². The summed E-state index contributed by atoms with van der Waals surface area (Å²) in [5, 5.41) is 4.15. The Morgan fingerprint density at radius 3 is 2.83 bits per heavy atom. The Hall–Kier alpha value is -2.11.